The summed E-state index contributed by atoms with van der Waals surface area (Å²) in [7, 11) is 4.16. The van der Waals surface area contributed by atoms with Crippen LogP contribution in [0.15, 0.2) is 66.9 Å². The number of imidazole rings is 1. The molecule has 2 N–H and O–H groups in total. The van der Waals surface area contributed by atoms with Gasteiger partial charge in [-0.05, 0) is 37.9 Å². The first kappa shape index (κ1) is 29.7. The number of hydrogen-bond acceptors (Lipinski definition) is 4. The van der Waals surface area contributed by atoms with Gasteiger partial charge in [0.25, 0.3) is 0 Å². The first-order valence-corrected chi connectivity index (χ1v) is 14.3. The van der Waals surface area contributed by atoms with E-state index in [9.17, 15) is 4.79 Å². The van der Waals surface area contributed by atoms with E-state index in [0.717, 1.165) is 35.5 Å². The molecule has 2 atom stereocenters. The molecule has 1 saturated heterocycles. The van der Waals surface area contributed by atoms with E-state index in [1.54, 1.807) is 4.90 Å². The van der Waals surface area contributed by atoms with Crippen LogP contribution in [0.3, 0.4) is 0 Å². The van der Waals surface area contributed by atoms with Crippen molar-refractivity contribution in [2.24, 2.45) is 11.1 Å². The molecule has 0 aliphatic carbocycles. The number of nitrogens with zero attached hydrogens (tertiary/aromatic N) is 5. The van der Waals surface area contributed by atoms with Gasteiger partial charge in [-0.25, -0.2) is 14.2 Å². The zero-order valence-corrected chi connectivity index (χ0v) is 24.6. The highest BCUT2D eigenvalue weighted by Gasteiger charge is 2.41. The van der Waals surface area contributed by atoms with E-state index >= 15 is 4.39 Å². The van der Waals surface area contributed by atoms with E-state index in [1.807, 2.05) is 53.4 Å². The Morgan fingerprint density at radius 3 is 2.20 bits per heavy atom. The smallest absolute Gasteiger partial charge is 0.320 e. The Labute approximate surface area is 238 Å². The van der Waals surface area contributed by atoms with E-state index in [-0.39, 0.29) is 19.1 Å². The van der Waals surface area contributed by atoms with Gasteiger partial charge in [0.1, 0.15) is 12.0 Å². The van der Waals surface area contributed by atoms with Crippen LogP contribution in [0.5, 0.6) is 0 Å². The fourth-order valence-electron chi connectivity index (χ4n) is 5.63. The van der Waals surface area contributed by atoms with Gasteiger partial charge in [0.05, 0.1) is 18.3 Å². The molecule has 3 aromatic rings. The summed E-state index contributed by atoms with van der Waals surface area (Å²) in [5.74, 6) is 0.746. The second-order valence-corrected chi connectivity index (χ2v) is 12.2. The minimum Gasteiger partial charge on any atom is -0.328 e. The lowest BCUT2D eigenvalue weighted by atomic mass is 9.84. The first-order chi connectivity index (χ1) is 19.1. The average Bonchev–Trinajstić information content (AvgIpc) is 3.35. The van der Waals surface area contributed by atoms with E-state index < -0.39 is 17.6 Å². The van der Waals surface area contributed by atoms with Crippen molar-refractivity contribution in [2.45, 2.75) is 58.4 Å². The van der Waals surface area contributed by atoms with Crippen molar-refractivity contribution in [1.82, 2.24) is 24.3 Å². The molecule has 0 bridgehead atoms. The van der Waals surface area contributed by atoms with Gasteiger partial charge in [-0.2, -0.15) is 0 Å². The lowest BCUT2D eigenvalue weighted by molar-refractivity contribution is 0.0579. The van der Waals surface area contributed by atoms with Gasteiger partial charge >= 0.3 is 6.03 Å². The molecule has 7 nitrogen and oxygen atoms in total. The Morgan fingerprint density at radius 1 is 1.05 bits per heavy atom. The number of piperidine rings is 1. The van der Waals surface area contributed by atoms with Crippen molar-refractivity contribution in [2.75, 3.05) is 40.3 Å². The molecule has 0 saturated carbocycles. The second-order valence-electron chi connectivity index (χ2n) is 12.2. The maximum Gasteiger partial charge on any atom is 0.320 e. The van der Waals surface area contributed by atoms with Gasteiger partial charge in [-0.1, -0.05) is 81.4 Å². The summed E-state index contributed by atoms with van der Waals surface area (Å²) < 4.78 is 17.2. The molecule has 1 aliphatic heterocycles. The van der Waals surface area contributed by atoms with Gasteiger partial charge < -0.3 is 25.0 Å². The van der Waals surface area contributed by atoms with Crippen LogP contribution in [0.4, 0.5) is 9.18 Å². The maximum absolute atomic E-state index is 15.1. The third-order valence-corrected chi connectivity index (χ3v) is 7.81. The highest BCUT2D eigenvalue weighted by atomic mass is 19.1. The fraction of sp³-hybridized carbons (Fsp3) is 0.500. The van der Waals surface area contributed by atoms with Crippen LogP contribution in [0.2, 0.25) is 0 Å². The Balaban J connectivity index is 1.78. The van der Waals surface area contributed by atoms with Crippen molar-refractivity contribution in [3.8, 4) is 11.3 Å². The summed E-state index contributed by atoms with van der Waals surface area (Å²) in [5, 5.41) is 0. The predicted molar refractivity (Wildman–Crippen MR) is 160 cm³/mol. The average molecular weight is 549 g/mol. The van der Waals surface area contributed by atoms with Crippen LogP contribution in [0.25, 0.3) is 11.3 Å². The van der Waals surface area contributed by atoms with Crippen LogP contribution in [0, 0.1) is 5.41 Å². The maximum atomic E-state index is 15.1. The Hall–Kier alpha value is -3.23. The number of rotatable bonds is 9. The quantitative estimate of drug-likeness (QED) is 0.387. The number of nitrogens with two attached hydrogens (primary N) is 1. The molecule has 1 aliphatic rings. The Bertz CT molecular complexity index is 1220. The number of aromatic nitrogens is 2. The molecule has 1 aromatic heterocycles. The lowest BCUT2D eigenvalue weighted by Gasteiger charge is -2.44. The van der Waals surface area contributed by atoms with Crippen LogP contribution in [-0.2, 0) is 6.54 Å². The first-order valence-electron chi connectivity index (χ1n) is 14.3. The topological polar surface area (TPSA) is 70.6 Å². The molecule has 2 aromatic carbocycles. The molecule has 216 valence electrons. The Kier molecular flexibility index (Phi) is 9.64. The van der Waals surface area contributed by atoms with Crippen LogP contribution >= 0.6 is 0 Å². The van der Waals surface area contributed by atoms with E-state index in [2.05, 4.69) is 62.7 Å². The zero-order valence-electron chi connectivity index (χ0n) is 24.6. The summed E-state index contributed by atoms with van der Waals surface area (Å²) in [4.78, 5) is 25.2. The Morgan fingerprint density at radius 2 is 1.65 bits per heavy atom. The summed E-state index contributed by atoms with van der Waals surface area (Å²) in [6.07, 6.45) is 2.50. The van der Waals surface area contributed by atoms with Gasteiger partial charge in [-0.3, -0.25) is 0 Å². The number of urea groups is 1. The standard InChI is InChI=1S/C32H45FN6O/c1-32(2,3)29(39(22-26(33)20-34)31(40)37-18-16-27(17-19-37)36(4)5)30-35-28(25-14-10-7-11-15-25)23-38(30)21-24-12-8-6-9-13-24/h6-15,23,26-27,29H,16-22,34H2,1-5H3/t26?,29-/m0/s1. The molecule has 40 heavy (non-hydrogen) atoms. The molecule has 0 radical (unpaired) electrons. The number of benzene rings is 2. The van der Waals surface area contributed by atoms with Crippen LogP contribution in [0.1, 0.15) is 51.0 Å². The SMILES string of the molecule is CN(C)C1CCN(C(=O)N(CC(F)CN)[C@@H](c2nc(-c3ccccc3)cn2Cc2ccccc2)C(C)(C)C)CC1. The molecular weight excluding hydrogens is 503 g/mol. The van der Waals surface area contributed by atoms with Crippen molar-refractivity contribution < 1.29 is 9.18 Å². The third kappa shape index (κ3) is 7.09. The monoisotopic (exact) mass is 548 g/mol. The number of carbonyl (C=O) groups is 1. The van der Waals surface area contributed by atoms with Crippen molar-refractivity contribution in [3.63, 3.8) is 0 Å². The van der Waals surface area contributed by atoms with Gasteiger partial charge in [0.2, 0.25) is 0 Å². The molecule has 4 rings (SSSR count). The van der Waals surface area contributed by atoms with Gasteiger partial charge in [0, 0.05) is 44.0 Å². The number of amides is 2. The van der Waals surface area contributed by atoms with E-state index in [4.69, 9.17) is 10.7 Å². The van der Waals surface area contributed by atoms with Crippen LogP contribution in [-0.4, -0.2) is 82.8 Å². The zero-order chi connectivity index (χ0) is 28.9. The molecule has 2 heterocycles. The molecular formula is C32H45FN6O. The molecule has 2 amide bonds. The fourth-order valence-corrected chi connectivity index (χ4v) is 5.63. The number of alkyl halides is 1. The minimum absolute atomic E-state index is 0.0796. The number of hydrogen-bond donors (Lipinski definition) is 1. The number of halogens is 1. The van der Waals surface area contributed by atoms with Crippen molar-refractivity contribution in [3.05, 3.63) is 78.2 Å². The third-order valence-electron chi connectivity index (χ3n) is 7.81. The van der Waals surface area contributed by atoms with Crippen molar-refractivity contribution >= 4 is 6.03 Å². The molecule has 1 unspecified atom stereocenters. The second kappa shape index (κ2) is 13.0. The van der Waals surface area contributed by atoms with Gasteiger partial charge in [0.15, 0.2) is 0 Å². The van der Waals surface area contributed by atoms with Crippen LogP contribution < -0.4 is 5.73 Å². The number of likely N-dealkylation sites (tertiary alicyclic amines) is 1. The molecule has 0 spiro atoms. The highest BCUT2D eigenvalue weighted by molar-refractivity contribution is 5.75. The summed E-state index contributed by atoms with van der Waals surface area (Å²) in [5.41, 5.74) is 8.28. The van der Waals surface area contributed by atoms with E-state index in [0.29, 0.717) is 25.7 Å². The number of carbonyl (C=O) groups excluding carboxylic acids is 1. The largest absolute Gasteiger partial charge is 0.328 e. The molecule has 1 fully saturated rings. The predicted octanol–water partition coefficient (Wildman–Crippen LogP) is 5.43. The summed E-state index contributed by atoms with van der Waals surface area (Å²) in [6, 6.07) is 20.1. The highest BCUT2D eigenvalue weighted by Crippen LogP contribution is 2.40. The van der Waals surface area contributed by atoms with E-state index in [1.165, 1.54) is 0 Å². The molecule has 8 heteroatoms. The van der Waals surface area contributed by atoms with Crippen molar-refractivity contribution in [1.29, 1.82) is 0 Å². The minimum atomic E-state index is -1.33. The lowest BCUT2D eigenvalue weighted by Crippen LogP contribution is -2.54. The summed E-state index contributed by atoms with van der Waals surface area (Å²) >= 11 is 0. The van der Waals surface area contributed by atoms with Gasteiger partial charge in [-0.15, -0.1) is 0 Å². The summed E-state index contributed by atoms with van der Waals surface area (Å²) in [6.45, 7) is 7.93. The normalized spacial score (nSPS) is 16.2.